The number of morpholine rings is 1. The molecule has 2 rings (SSSR count). The van der Waals surface area contributed by atoms with Gasteiger partial charge in [0.25, 0.3) is 0 Å². The van der Waals surface area contributed by atoms with Crippen molar-refractivity contribution in [3.63, 3.8) is 0 Å². The molecule has 0 saturated carbocycles. The number of nitrogens with zero attached hydrogens (tertiary/aromatic N) is 1. The number of nitrogens with two attached hydrogens (primary N) is 1. The molecule has 20 heavy (non-hydrogen) atoms. The van der Waals surface area contributed by atoms with Crippen LogP contribution in [0.3, 0.4) is 0 Å². The Morgan fingerprint density at radius 3 is 3.00 bits per heavy atom. The predicted octanol–water partition coefficient (Wildman–Crippen LogP) is 2.32. The Balaban J connectivity index is 0.00000200. The minimum Gasteiger partial charge on any atom is -0.492 e. The van der Waals surface area contributed by atoms with Gasteiger partial charge in [-0.15, -0.1) is 12.4 Å². The van der Waals surface area contributed by atoms with E-state index in [0.29, 0.717) is 18.2 Å². The number of ether oxygens (including phenoxy) is 2. The molecule has 0 bridgehead atoms. The lowest BCUT2D eigenvalue weighted by molar-refractivity contribution is -0.0262. The monoisotopic (exact) mass is 320 g/mol. The van der Waals surface area contributed by atoms with Crippen molar-refractivity contribution in [2.24, 2.45) is 5.73 Å². The van der Waals surface area contributed by atoms with Crippen LogP contribution in [0.15, 0.2) is 18.2 Å². The minimum absolute atomic E-state index is 0. The van der Waals surface area contributed by atoms with Gasteiger partial charge in [-0.3, -0.25) is 4.90 Å². The van der Waals surface area contributed by atoms with Crippen molar-refractivity contribution in [1.82, 2.24) is 4.90 Å². The predicted molar refractivity (Wildman–Crippen MR) is 83.9 cm³/mol. The van der Waals surface area contributed by atoms with Crippen molar-refractivity contribution in [2.75, 3.05) is 32.8 Å². The second-order valence-electron chi connectivity index (χ2n) is 4.62. The molecule has 1 heterocycles. The molecule has 1 aliphatic rings. The average molecular weight is 321 g/mol. The molecule has 6 heteroatoms. The van der Waals surface area contributed by atoms with E-state index in [-0.39, 0.29) is 18.5 Å². The van der Waals surface area contributed by atoms with Crippen molar-refractivity contribution in [1.29, 1.82) is 0 Å². The molecule has 1 atom stereocenters. The summed E-state index contributed by atoms with van der Waals surface area (Å²) in [6.45, 7) is 6.45. The molecule has 0 aromatic heterocycles. The molecule has 0 spiro atoms. The van der Waals surface area contributed by atoms with Gasteiger partial charge in [-0.1, -0.05) is 23.7 Å². The number of halogens is 2. The van der Waals surface area contributed by atoms with Crippen LogP contribution in [0.25, 0.3) is 0 Å². The first-order valence-electron chi connectivity index (χ1n) is 6.68. The van der Waals surface area contributed by atoms with Crippen LogP contribution < -0.4 is 10.5 Å². The molecule has 1 aliphatic heterocycles. The van der Waals surface area contributed by atoms with E-state index in [1.165, 1.54) is 0 Å². The largest absolute Gasteiger partial charge is 0.492 e. The molecule has 114 valence electrons. The number of hydrogen-bond donors (Lipinski definition) is 1. The first-order valence-corrected chi connectivity index (χ1v) is 7.06. The average Bonchev–Trinajstić information content (AvgIpc) is 2.43. The van der Waals surface area contributed by atoms with Gasteiger partial charge in [0.05, 0.1) is 24.3 Å². The molecule has 0 aliphatic carbocycles. The van der Waals surface area contributed by atoms with Crippen LogP contribution in [0.5, 0.6) is 5.75 Å². The zero-order valence-electron chi connectivity index (χ0n) is 11.7. The molecule has 0 radical (unpaired) electrons. The van der Waals surface area contributed by atoms with Gasteiger partial charge in [-0.05, 0) is 13.0 Å². The fourth-order valence-corrected chi connectivity index (χ4v) is 2.54. The number of hydrogen-bond acceptors (Lipinski definition) is 4. The van der Waals surface area contributed by atoms with E-state index in [1.807, 2.05) is 19.1 Å². The minimum atomic E-state index is 0. The van der Waals surface area contributed by atoms with Gasteiger partial charge in [0.15, 0.2) is 0 Å². The summed E-state index contributed by atoms with van der Waals surface area (Å²) in [5.74, 6) is 0.794. The Morgan fingerprint density at radius 1 is 1.50 bits per heavy atom. The smallest absolute Gasteiger partial charge is 0.142 e. The molecular formula is C14H22Cl2N2O2. The third-order valence-electron chi connectivity index (χ3n) is 3.22. The topological polar surface area (TPSA) is 47.7 Å². The lowest BCUT2D eigenvalue weighted by Crippen LogP contribution is -2.45. The molecule has 1 fully saturated rings. The highest BCUT2D eigenvalue weighted by Crippen LogP contribution is 2.29. The van der Waals surface area contributed by atoms with Crippen LogP contribution in [0, 0.1) is 0 Å². The van der Waals surface area contributed by atoms with Gasteiger partial charge in [-0.2, -0.15) is 0 Å². The summed E-state index contributed by atoms with van der Waals surface area (Å²) >= 11 is 6.19. The third kappa shape index (κ3) is 4.50. The van der Waals surface area contributed by atoms with E-state index in [0.717, 1.165) is 37.6 Å². The lowest BCUT2D eigenvalue weighted by Gasteiger charge is -2.32. The standard InChI is InChI=1S/C14H21ClN2O2.ClH/c1-2-18-14-11(4-3-5-13(14)15)9-17-6-7-19-12(8-16)10-17;/h3-5,12H,2,6-10,16H2,1H3;1H. The molecular weight excluding hydrogens is 299 g/mol. The van der Waals surface area contributed by atoms with E-state index in [9.17, 15) is 0 Å². The SMILES string of the molecule is CCOc1c(Cl)cccc1CN1CCOC(CN)C1.Cl. The van der Waals surface area contributed by atoms with Crippen LogP contribution in [-0.2, 0) is 11.3 Å². The second-order valence-corrected chi connectivity index (χ2v) is 5.03. The highest BCUT2D eigenvalue weighted by molar-refractivity contribution is 6.32. The van der Waals surface area contributed by atoms with E-state index in [4.69, 9.17) is 26.8 Å². The van der Waals surface area contributed by atoms with Gasteiger partial charge in [0.2, 0.25) is 0 Å². The fraction of sp³-hybridized carbons (Fsp3) is 0.571. The van der Waals surface area contributed by atoms with E-state index in [2.05, 4.69) is 11.0 Å². The molecule has 0 amide bonds. The maximum atomic E-state index is 6.19. The van der Waals surface area contributed by atoms with Crippen LogP contribution in [0.2, 0.25) is 5.02 Å². The first-order chi connectivity index (χ1) is 9.24. The van der Waals surface area contributed by atoms with E-state index in [1.54, 1.807) is 0 Å². The molecule has 4 nitrogen and oxygen atoms in total. The Bertz CT molecular complexity index is 418. The first kappa shape index (κ1) is 17.5. The highest BCUT2D eigenvalue weighted by atomic mass is 35.5. The molecule has 2 N–H and O–H groups in total. The van der Waals surface area contributed by atoms with Crippen molar-refractivity contribution in [3.05, 3.63) is 28.8 Å². The Labute approximate surface area is 131 Å². The zero-order valence-corrected chi connectivity index (χ0v) is 13.3. The van der Waals surface area contributed by atoms with Gasteiger partial charge in [0, 0.05) is 31.7 Å². The maximum absolute atomic E-state index is 6.19. The molecule has 1 unspecified atom stereocenters. The Morgan fingerprint density at radius 2 is 2.30 bits per heavy atom. The number of para-hydroxylation sites is 1. The van der Waals surface area contributed by atoms with Gasteiger partial charge in [-0.25, -0.2) is 0 Å². The Hall–Kier alpha value is -0.520. The van der Waals surface area contributed by atoms with Gasteiger partial charge in [0.1, 0.15) is 5.75 Å². The molecule has 1 aromatic rings. The molecule has 1 aromatic carbocycles. The van der Waals surface area contributed by atoms with Crippen LogP contribution in [0.1, 0.15) is 12.5 Å². The maximum Gasteiger partial charge on any atom is 0.142 e. The highest BCUT2D eigenvalue weighted by Gasteiger charge is 2.20. The van der Waals surface area contributed by atoms with E-state index < -0.39 is 0 Å². The number of benzene rings is 1. The van der Waals surface area contributed by atoms with E-state index >= 15 is 0 Å². The summed E-state index contributed by atoms with van der Waals surface area (Å²) in [6.07, 6.45) is 0.128. The van der Waals surface area contributed by atoms with Crippen LogP contribution in [-0.4, -0.2) is 43.9 Å². The van der Waals surface area contributed by atoms with Crippen molar-refractivity contribution in [2.45, 2.75) is 19.6 Å². The molecule has 1 saturated heterocycles. The summed E-state index contributed by atoms with van der Waals surface area (Å²) in [5, 5.41) is 0.669. The zero-order chi connectivity index (χ0) is 13.7. The normalized spacial score (nSPS) is 19.4. The lowest BCUT2D eigenvalue weighted by atomic mass is 10.1. The van der Waals surface area contributed by atoms with Crippen molar-refractivity contribution in [3.8, 4) is 5.75 Å². The third-order valence-corrected chi connectivity index (χ3v) is 3.51. The summed E-state index contributed by atoms with van der Waals surface area (Å²) in [5.41, 5.74) is 6.78. The van der Waals surface area contributed by atoms with Gasteiger partial charge < -0.3 is 15.2 Å². The van der Waals surface area contributed by atoms with Crippen LogP contribution in [0.4, 0.5) is 0 Å². The fourth-order valence-electron chi connectivity index (χ4n) is 2.29. The Kier molecular flexibility index (Phi) is 7.62. The van der Waals surface area contributed by atoms with Crippen molar-refractivity contribution < 1.29 is 9.47 Å². The number of rotatable bonds is 5. The summed E-state index contributed by atoms with van der Waals surface area (Å²) in [6, 6.07) is 5.88. The summed E-state index contributed by atoms with van der Waals surface area (Å²) < 4.78 is 11.2. The summed E-state index contributed by atoms with van der Waals surface area (Å²) in [7, 11) is 0. The second kappa shape index (κ2) is 8.70. The van der Waals surface area contributed by atoms with Crippen LogP contribution >= 0.6 is 24.0 Å². The van der Waals surface area contributed by atoms with Crippen molar-refractivity contribution >= 4 is 24.0 Å². The summed E-state index contributed by atoms with van der Waals surface area (Å²) in [4.78, 5) is 2.33. The van der Waals surface area contributed by atoms with Gasteiger partial charge >= 0.3 is 0 Å². The quantitative estimate of drug-likeness (QED) is 0.904.